The average molecular weight is 258 g/mol. The normalized spacial score (nSPS) is 22.7. The van der Waals surface area contributed by atoms with Crippen molar-refractivity contribution in [3.05, 3.63) is 18.0 Å². The van der Waals surface area contributed by atoms with Crippen LogP contribution in [0.2, 0.25) is 0 Å². The number of hydrogen-bond acceptors (Lipinski definition) is 4. The van der Waals surface area contributed by atoms with Gasteiger partial charge in [0.25, 0.3) is 0 Å². The van der Waals surface area contributed by atoms with E-state index < -0.39 is 0 Å². The largest absolute Gasteiger partial charge is 0.314 e. The predicted molar refractivity (Wildman–Crippen MR) is 71.5 cm³/mol. The second-order valence-electron chi connectivity index (χ2n) is 4.77. The molecule has 2 aromatic heterocycles. The third-order valence-corrected chi connectivity index (χ3v) is 4.32. The Morgan fingerprint density at radius 3 is 2.89 bits per heavy atom. The van der Waals surface area contributed by atoms with E-state index >= 15 is 0 Å². The Morgan fingerprint density at radius 2 is 2.33 bits per heavy atom. The van der Waals surface area contributed by atoms with E-state index in [4.69, 9.17) is 0 Å². The van der Waals surface area contributed by atoms with Crippen molar-refractivity contribution in [2.45, 2.75) is 31.0 Å². The van der Waals surface area contributed by atoms with Crippen molar-refractivity contribution < 1.29 is 0 Å². The molecule has 92 valence electrons. The third kappa shape index (κ3) is 1.60. The molecule has 1 fully saturated rings. The topological polar surface area (TPSA) is 54.5 Å². The van der Waals surface area contributed by atoms with Crippen LogP contribution in [0.15, 0.2) is 17.4 Å². The van der Waals surface area contributed by atoms with Gasteiger partial charge in [0.2, 0.25) is 0 Å². The molecule has 5 heteroatoms. The SMILES string of the molecule is CSc1ncc2cc(C#N)n(C3CCC3C)c2n1. The van der Waals surface area contributed by atoms with E-state index in [-0.39, 0.29) is 0 Å². The van der Waals surface area contributed by atoms with Crippen LogP contribution >= 0.6 is 11.8 Å². The lowest BCUT2D eigenvalue weighted by atomic mass is 9.81. The number of fused-ring (bicyclic) bond motifs is 1. The smallest absolute Gasteiger partial charge is 0.189 e. The predicted octanol–water partition coefficient (Wildman–Crippen LogP) is 3.00. The molecule has 2 heterocycles. The summed E-state index contributed by atoms with van der Waals surface area (Å²) in [5.41, 5.74) is 1.61. The number of aromatic nitrogens is 3. The van der Waals surface area contributed by atoms with Crippen LogP contribution < -0.4 is 0 Å². The standard InChI is InChI=1S/C13H14N4S/c1-8-3-4-11(8)17-10(6-14)5-9-7-15-13(18-2)16-12(9)17/h5,7-8,11H,3-4H2,1-2H3. The zero-order valence-electron chi connectivity index (χ0n) is 10.4. The first-order chi connectivity index (χ1) is 8.74. The van der Waals surface area contributed by atoms with Gasteiger partial charge < -0.3 is 4.57 Å². The van der Waals surface area contributed by atoms with E-state index in [9.17, 15) is 5.26 Å². The Bertz CT molecular complexity index is 640. The number of rotatable bonds is 2. The molecule has 0 amide bonds. The number of hydrogen-bond donors (Lipinski definition) is 0. The van der Waals surface area contributed by atoms with Crippen LogP contribution in [0.1, 0.15) is 31.5 Å². The summed E-state index contributed by atoms with van der Waals surface area (Å²) >= 11 is 1.53. The maximum absolute atomic E-state index is 9.28. The van der Waals surface area contributed by atoms with E-state index in [1.807, 2.05) is 18.5 Å². The average Bonchev–Trinajstić information content (AvgIpc) is 2.74. The van der Waals surface area contributed by atoms with Gasteiger partial charge in [-0.05, 0) is 31.1 Å². The minimum atomic E-state index is 0.418. The molecule has 1 aliphatic rings. The quantitative estimate of drug-likeness (QED) is 0.614. The molecule has 0 bridgehead atoms. The molecule has 2 aromatic rings. The van der Waals surface area contributed by atoms with Crippen molar-refractivity contribution in [1.82, 2.24) is 14.5 Å². The molecule has 0 saturated heterocycles. The fourth-order valence-electron chi connectivity index (χ4n) is 2.55. The third-order valence-electron chi connectivity index (χ3n) is 3.76. The van der Waals surface area contributed by atoms with E-state index in [2.05, 4.69) is 27.5 Å². The van der Waals surface area contributed by atoms with Crippen molar-refractivity contribution in [1.29, 1.82) is 5.26 Å². The molecule has 0 N–H and O–H groups in total. The van der Waals surface area contributed by atoms with Crippen LogP contribution in [0.25, 0.3) is 11.0 Å². The molecular formula is C13H14N4S. The van der Waals surface area contributed by atoms with Crippen molar-refractivity contribution in [3.63, 3.8) is 0 Å². The first kappa shape index (κ1) is 11.5. The van der Waals surface area contributed by atoms with Gasteiger partial charge in [0.1, 0.15) is 17.4 Å². The fourth-order valence-corrected chi connectivity index (χ4v) is 2.88. The van der Waals surface area contributed by atoms with Gasteiger partial charge in [-0.25, -0.2) is 9.97 Å². The van der Waals surface area contributed by atoms with Crippen molar-refractivity contribution in [3.8, 4) is 6.07 Å². The molecule has 2 unspecified atom stereocenters. The van der Waals surface area contributed by atoms with Gasteiger partial charge in [0.15, 0.2) is 5.16 Å². The molecule has 0 aliphatic heterocycles. The zero-order chi connectivity index (χ0) is 12.7. The summed E-state index contributed by atoms with van der Waals surface area (Å²) in [5.74, 6) is 0.625. The Kier molecular flexibility index (Phi) is 2.75. The highest BCUT2D eigenvalue weighted by molar-refractivity contribution is 7.98. The molecule has 3 rings (SSSR count). The van der Waals surface area contributed by atoms with Gasteiger partial charge in [-0.2, -0.15) is 5.26 Å². The number of nitriles is 1. The molecule has 4 nitrogen and oxygen atoms in total. The minimum absolute atomic E-state index is 0.418. The van der Waals surface area contributed by atoms with E-state index in [1.54, 1.807) is 0 Å². The van der Waals surface area contributed by atoms with Crippen LogP contribution in [0, 0.1) is 17.2 Å². The summed E-state index contributed by atoms with van der Waals surface area (Å²) in [6.45, 7) is 2.23. The van der Waals surface area contributed by atoms with Crippen molar-refractivity contribution in [2.24, 2.45) is 5.92 Å². The lowest BCUT2D eigenvalue weighted by Crippen LogP contribution is -2.27. The molecule has 18 heavy (non-hydrogen) atoms. The Labute approximate surface area is 110 Å². The van der Waals surface area contributed by atoms with E-state index in [0.29, 0.717) is 17.7 Å². The van der Waals surface area contributed by atoms with E-state index in [0.717, 1.165) is 22.6 Å². The lowest BCUT2D eigenvalue weighted by molar-refractivity contribution is 0.205. The molecular weight excluding hydrogens is 244 g/mol. The second kappa shape index (κ2) is 4.29. The maximum atomic E-state index is 9.28. The second-order valence-corrected chi connectivity index (χ2v) is 5.54. The zero-order valence-corrected chi connectivity index (χ0v) is 11.2. The molecule has 0 spiro atoms. The van der Waals surface area contributed by atoms with Crippen LogP contribution in [0.3, 0.4) is 0 Å². The summed E-state index contributed by atoms with van der Waals surface area (Å²) in [6, 6.07) is 4.59. The van der Waals surface area contributed by atoms with Gasteiger partial charge in [0.05, 0.1) is 0 Å². The Balaban J connectivity index is 2.22. The van der Waals surface area contributed by atoms with Crippen LogP contribution in [0.5, 0.6) is 0 Å². The Morgan fingerprint density at radius 1 is 1.50 bits per heavy atom. The monoisotopic (exact) mass is 258 g/mol. The van der Waals surface area contributed by atoms with Gasteiger partial charge in [-0.3, -0.25) is 0 Å². The highest BCUT2D eigenvalue weighted by Gasteiger charge is 2.31. The van der Waals surface area contributed by atoms with Gasteiger partial charge in [0, 0.05) is 17.6 Å². The summed E-state index contributed by atoms with van der Waals surface area (Å²) in [6.07, 6.45) is 6.15. The fraction of sp³-hybridized carbons (Fsp3) is 0.462. The molecule has 2 atom stereocenters. The molecule has 0 radical (unpaired) electrons. The molecule has 1 saturated carbocycles. The first-order valence-corrected chi connectivity index (χ1v) is 7.29. The summed E-state index contributed by atoms with van der Waals surface area (Å²) < 4.78 is 2.10. The van der Waals surface area contributed by atoms with Gasteiger partial charge >= 0.3 is 0 Å². The lowest BCUT2D eigenvalue weighted by Gasteiger charge is -2.35. The van der Waals surface area contributed by atoms with Crippen molar-refractivity contribution >= 4 is 22.8 Å². The molecule has 1 aliphatic carbocycles. The maximum Gasteiger partial charge on any atom is 0.189 e. The minimum Gasteiger partial charge on any atom is -0.314 e. The van der Waals surface area contributed by atoms with Gasteiger partial charge in [-0.15, -0.1) is 0 Å². The molecule has 0 aromatic carbocycles. The number of thioether (sulfide) groups is 1. The van der Waals surface area contributed by atoms with Crippen molar-refractivity contribution in [2.75, 3.05) is 6.26 Å². The van der Waals surface area contributed by atoms with Crippen LogP contribution in [-0.2, 0) is 0 Å². The van der Waals surface area contributed by atoms with E-state index in [1.165, 1.54) is 18.2 Å². The van der Waals surface area contributed by atoms with Crippen LogP contribution in [-0.4, -0.2) is 20.8 Å². The number of nitrogens with zero attached hydrogens (tertiary/aromatic N) is 4. The Hall–Kier alpha value is -1.54. The van der Waals surface area contributed by atoms with Crippen LogP contribution in [0.4, 0.5) is 0 Å². The summed E-state index contributed by atoms with van der Waals surface area (Å²) in [4.78, 5) is 8.83. The highest BCUT2D eigenvalue weighted by atomic mass is 32.2. The summed E-state index contributed by atoms with van der Waals surface area (Å²) in [7, 11) is 0. The highest BCUT2D eigenvalue weighted by Crippen LogP contribution is 2.41. The summed E-state index contributed by atoms with van der Waals surface area (Å²) in [5, 5.41) is 11.0. The first-order valence-electron chi connectivity index (χ1n) is 6.06. The van der Waals surface area contributed by atoms with Gasteiger partial charge in [-0.1, -0.05) is 18.7 Å².